The van der Waals surface area contributed by atoms with E-state index in [9.17, 15) is 0 Å². The average molecular weight is 269 g/mol. The van der Waals surface area contributed by atoms with Gasteiger partial charge >= 0.3 is 0 Å². The minimum atomic E-state index is 0.321. The van der Waals surface area contributed by atoms with Crippen LogP contribution in [0.2, 0.25) is 0 Å². The van der Waals surface area contributed by atoms with Crippen molar-refractivity contribution < 1.29 is 0 Å². The normalized spacial score (nSPS) is 20.4. The van der Waals surface area contributed by atoms with Crippen LogP contribution in [0.15, 0.2) is 36.5 Å². The summed E-state index contributed by atoms with van der Waals surface area (Å²) in [6.07, 6.45) is 3.09. The van der Waals surface area contributed by atoms with E-state index in [1.165, 1.54) is 17.4 Å². The van der Waals surface area contributed by atoms with Crippen molar-refractivity contribution in [2.75, 3.05) is 19.6 Å². The van der Waals surface area contributed by atoms with Gasteiger partial charge in [-0.05, 0) is 42.1 Å². The van der Waals surface area contributed by atoms with Crippen LogP contribution in [0.5, 0.6) is 0 Å². The molecule has 3 heteroatoms. The second kappa shape index (κ2) is 5.15. The first-order valence-electron chi connectivity index (χ1n) is 7.38. The third-order valence-corrected chi connectivity index (χ3v) is 4.38. The van der Waals surface area contributed by atoms with Gasteiger partial charge in [-0.15, -0.1) is 0 Å². The maximum Gasteiger partial charge on any atom is 0.0702 e. The van der Waals surface area contributed by atoms with Gasteiger partial charge in [0.1, 0.15) is 0 Å². The molecule has 1 atom stereocenters. The van der Waals surface area contributed by atoms with Gasteiger partial charge in [0.25, 0.3) is 0 Å². The summed E-state index contributed by atoms with van der Waals surface area (Å²) in [6, 6.07) is 11.0. The highest BCUT2D eigenvalue weighted by molar-refractivity contribution is 5.79. The van der Waals surface area contributed by atoms with Crippen molar-refractivity contribution >= 4 is 10.9 Å². The first kappa shape index (κ1) is 13.5. The fourth-order valence-corrected chi connectivity index (χ4v) is 3.22. The number of nitrogens with zero attached hydrogens (tertiary/aromatic N) is 2. The van der Waals surface area contributed by atoms with Crippen molar-refractivity contribution in [2.24, 2.45) is 11.1 Å². The van der Waals surface area contributed by atoms with Crippen LogP contribution in [0, 0.1) is 5.41 Å². The topological polar surface area (TPSA) is 42.1 Å². The largest absolute Gasteiger partial charge is 0.329 e. The number of nitrogens with two attached hydrogens (primary N) is 1. The monoisotopic (exact) mass is 269 g/mol. The van der Waals surface area contributed by atoms with Gasteiger partial charge < -0.3 is 5.73 Å². The van der Waals surface area contributed by atoms with Crippen LogP contribution >= 0.6 is 0 Å². The molecular formula is C17H23N3. The molecule has 2 aromatic rings. The molecule has 0 saturated carbocycles. The van der Waals surface area contributed by atoms with Crippen LogP contribution in [0.4, 0.5) is 0 Å². The average Bonchev–Trinajstić information content (AvgIpc) is 2.80. The zero-order valence-electron chi connectivity index (χ0n) is 12.3. The van der Waals surface area contributed by atoms with Crippen molar-refractivity contribution in [2.45, 2.75) is 26.3 Å². The molecule has 20 heavy (non-hydrogen) atoms. The molecule has 2 heterocycles. The Morgan fingerprint density at radius 2 is 2.20 bits per heavy atom. The van der Waals surface area contributed by atoms with E-state index in [4.69, 9.17) is 5.73 Å². The second-order valence-electron chi connectivity index (χ2n) is 6.59. The molecule has 2 N–H and O–H groups in total. The Morgan fingerprint density at radius 3 is 2.90 bits per heavy atom. The van der Waals surface area contributed by atoms with E-state index in [1.807, 2.05) is 12.3 Å². The van der Waals surface area contributed by atoms with Crippen LogP contribution in [-0.4, -0.2) is 29.5 Å². The Hall–Kier alpha value is -1.45. The van der Waals surface area contributed by atoms with Crippen LogP contribution in [-0.2, 0) is 0 Å². The summed E-state index contributed by atoms with van der Waals surface area (Å²) in [5.41, 5.74) is 8.83. The third kappa shape index (κ3) is 2.56. The Bertz CT molecular complexity index is 606. The van der Waals surface area contributed by atoms with E-state index >= 15 is 0 Å². The molecular weight excluding hydrogens is 246 g/mol. The Kier molecular flexibility index (Phi) is 3.48. The summed E-state index contributed by atoms with van der Waals surface area (Å²) in [6.45, 7) is 7.61. The molecule has 0 bridgehead atoms. The highest BCUT2D eigenvalue weighted by Crippen LogP contribution is 2.34. The number of rotatable bonds is 3. The maximum absolute atomic E-state index is 6.06. The highest BCUT2D eigenvalue weighted by Gasteiger charge is 2.33. The molecule has 1 aromatic carbocycles. The number of benzene rings is 1. The summed E-state index contributed by atoms with van der Waals surface area (Å²) in [7, 11) is 0. The Labute approximate surface area is 120 Å². The summed E-state index contributed by atoms with van der Waals surface area (Å²) in [5, 5.41) is 1.20. The Morgan fingerprint density at radius 1 is 1.35 bits per heavy atom. The molecule has 1 unspecified atom stereocenters. The van der Waals surface area contributed by atoms with E-state index in [1.54, 1.807) is 0 Å². The van der Waals surface area contributed by atoms with E-state index in [2.05, 4.69) is 48.0 Å². The van der Waals surface area contributed by atoms with Gasteiger partial charge in [-0.2, -0.15) is 0 Å². The van der Waals surface area contributed by atoms with Crippen LogP contribution in [0.1, 0.15) is 31.9 Å². The summed E-state index contributed by atoms with van der Waals surface area (Å²) < 4.78 is 0. The molecule has 1 aliphatic rings. The number of hydrogen-bond donors (Lipinski definition) is 1. The molecule has 1 fully saturated rings. The van der Waals surface area contributed by atoms with E-state index < -0.39 is 0 Å². The lowest BCUT2D eigenvalue weighted by molar-refractivity contribution is 0.223. The summed E-state index contributed by atoms with van der Waals surface area (Å²) in [4.78, 5) is 6.91. The summed E-state index contributed by atoms with van der Waals surface area (Å²) >= 11 is 0. The van der Waals surface area contributed by atoms with Gasteiger partial charge in [0.05, 0.1) is 5.52 Å². The maximum atomic E-state index is 6.06. The fraction of sp³-hybridized carbons (Fsp3) is 0.471. The van der Waals surface area contributed by atoms with Crippen LogP contribution in [0.3, 0.4) is 0 Å². The summed E-state index contributed by atoms with van der Waals surface area (Å²) in [5.74, 6) is 0. The van der Waals surface area contributed by atoms with Crippen LogP contribution in [0.25, 0.3) is 10.9 Å². The first-order chi connectivity index (χ1) is 9.59. The van der Waals surface area contributed by atoms with Gasteiger partial charge in [-0.25, -0.2) is 0 Å². The molecule has 3 nitrogen and oxygen atoms in total. The molecule has 1 aromatic heterocycles. The molecule has 1 saturated heterocycles. The number of pyridine rings is 1. The number of likely N-dealkylation sites (tertiary alicyclic amines) is 1. The van der Waals surface area contributed by atoms with Crippen molar-refractivity contribution in [1.82, 2.24) is 9.88 Å². The van der Waals surface area contributed by atoms with Gasteiger partial charge in [-0.1, -0.05) is 26.0 Å². The minimum Gasteiger partial charge on any atom is -0.329 e. The standard InChI is InChI=1S/C17H23N3/c1-17(2)7-9-20(12-17)16(11-18)14-5-6-15-13(10-14)4-3-8-19-15/h3-6,8,10,16H,7,9,11-12,18H2,1-2H3. The molecule has 106 valence electrons. The lowest BCUT2D eigenvalue weighted by Gasteiger charge is -2.28. The van der Waals surface area contributed by atoms with Gasteiger partial charge in [-0.3, -0.25) is 9.88 Å². The lowest BCUT2D eigenvalue weighted by Crippen LogP contribution is -2.33. The molecule has 1 aliphatic heterocycles. The quantitative estimate of drug-likeness (QED) is 0.931. The van der Waals surface area contributed by atoms with E-state index in [0.29, 0.717) is 18.0 Å². The number of fused-ring (bicyclic) bond motifs is 1. The zero-order chi connectivity index (χ0) is 14.2. The Balaban J connectivity index is 1.91. The second-order valence-corrected chi connectivity index (χ2v) is 6.59. The van der Waals surface area contributed by atoms with Gasteiger partial charge in [0, 0.05) is 30.7 Å². The van der Waals surface area contributed by atoms with Gasteiger partial charge in [0.2, 0.25) is 0 Å². The predicted molar refractivity (Wildman–Crippen MR) is 83.5 cm³/mol. The zero-order valence-corrected chi connectivity index (χ0v) is 12.3. The van der Waals surface area contributed by atoms with Crippen LogP contribution < -0.4 is 5.73 Å². The number of hydrogen-bond acceptors (Lipinski definition) is 3. The van der Waals surface area contributed by atoms with Crippen molar-refractivity contribution in [3.05, 3.63) is 42.1 Å². The molecule has 0 aliphatic carbocycles. The van der Waals surface area contributed by atoms with E-state index in [-0.39, 0.29) is 0 Å². The van der Waals surface area contributed by atoms with E-state index in [0.717, 1.165) is 18.6 Å². The van der Waals surface area contributed by atoms with Crippen molar-refractivity contribution in [3.8, 4) is 0 Å². The van der Waals surface area contributed by atoms with Crippen molar-refractivity contribution in [3.63, 3.8) is 0 Å². The minimum absolute atomic E-state index is 0.321. The fourth-order valence-electron chi connectivity index (χ4n) is 3.22. The SMILES string of the molecule is CC1(C)CCN(C(CN)c2ccc3ncccc3c2)C1. The lowest BCUT2D eigenvalue weighted by atomic mass is 9.93. The number of aromatic nitrogens is 1. The smallest absolute Gasteiger partial charge is 0.0702 e. The highest BCUT2D eigenvalue weighted by atomic mass is 15.2. The van der Waals surface area contributed by atoms with Gasteiger partial charge in [0.15, 0.2) is 0 Å². The predicted octanol–water partition coefficient (Wildman–Crippen LogP) is 2.97. The molecule has 3 rings (SSSR count). The third-order valence-electron chi connectivity index (χ3n) is 4.38. The molecule has 0 spiro atoms. The molecule has 0 radical (unpaired) electrons. The molecule has 0 amide bonds. The van der Waals surface area contributed by atoms with Crippen molar-refractivity contribution in [1.29, 1.82) is 0 Å². The first-order valence-corrected chi connectivity index (χ1v) is 7.38.